The molecular formula is C15H16N2O3. The Kier molecular flexibility index (Phi) is 3.41. The van der Waals surface area contributed by atoms with Crippen LogP contribution in [0.15, 0.2) is 30.5 Å². The topological polar surface area (TPSA) is 62.4 Å². The number of carbonyl (C=O) groups excluding carboxylic acids is 2. The molecule has 1 aromatic carbocycles. The summed E-state index contributed by atoms with van der Waals surface area (Å²) in [7, 11) is 0. The third kappa shape index (κ3) is 2.39. The van der Waals surface area contributed by atoms with Crippen LogP contribution in [-0.4, -0.2) is 41.5 Å². The van der Waals surface area contributed by atoms with Crippen LogP contribution in [0, 0.1) is 0 Å². The molecule has 1 saturated heterocycles. The second kappa shape index (κ2) is 5.36. The number of amides is 1. The summed E-state index contributed by atoms with van der Waals surface area (Å²) in [6, 6.07) is 7.50. The minimum atomic E-state index is -0.463. The van der Waals surface area contributed by atoms with Crippen LogP contribution in [0.25, 0.3) is 10.9 Å². The standard InChI is InChI=1S/C15H16N2O3/c18-14(17-7-3-4-8-17)10-20-15(19)12-9-16-13-6-2-1-5-11(12)13/h1-2,5-6,9,16H,3-4,7-8,10H2. The number of hydrogen-bond donors (Lipinski definition) is 1. The number of carbonyl (C=O) groups is 2. The number of nitrogens with zero attached hydrogens (tertiary/aromatic N) is 1. The monoisotopic (exact) mass is 272 g/mol. The quantitative estimate of drug-likeness (QED) is 0.869. The predicted octanol–water partition coefficient (Wildman–Crippen LogP) is 1.95. The van der Waals surface area contributed by atoms with Gasteiger partial charge < -0.3 is 14.6 Å². The summed E-state index contributed by atoms with van der Waals surface area (Å²) in [5.41, 5.74) is 1.35. The molecule has 1 fully saturated rings. The number of para-hydroxylation sites is 1. The maximum atomic E-state index is 12.0. The zero-order valence-corrected chi connectivity index (χ0v) is 11.1. The van der Waals surface area contributed by atoms with E-state index >= 15 is 0 Å². The maximum Gasteiger partial charge on any atom is 0.340 e. The number of rotatable bonds is 3. The summed E-state index contributed by atoms with van der Waals surface area (Å²) < 4.78 is 5.12. The van der Waals surface area contributed by atoms with Gasteiger partial charge in [0.05, 0.1) is 5.56 Å². The molecule has 0 atom stereocenters. The molecule has 0 bridgehead atoms. The van der Waals surface area contributed by atoms with E-state index in [9.17, 15) is 9.59 Å². The Morgan fingerprint density at radius 1 is 1.20 bits per heavy atom. The lowest BCUT2D eigenvalue weighted by Crippen LogP contribution is -2.32. The number of benzene rings is 1. The number of ether oxygens (including phenoxy) is 1. The van der Waals surface area contributed by atoms with Gasteiger partial charge in [0.25, 0.3) is 5.91 Å². The van der Waals surface area contributed by atoms with Crippen molar-refractivity contribution in [2.75, 3.05) is 19.7 Å². The molecule has 20 heavy (non-hydrogen) atoms. The molecule has 1 amide bonds. The molecule has 1 N–H and O–H groups in total. The van der Waals surface area contributed by atoms with Crippen molar-refractivity contribution in [3.05, 3.63) is 36.0 Å². The lowest BCUT2D eigenvalue weighted by molar-refractivity contribution is -0.133. The van der Waals surface area contributed by atoms with E-state index in [1.807, 2.05) is 24.3 Å². The second-order valence-corrected chi connectivity index (χ2v) is 4.91. The van der Waals surface area contributed by atoms with Crippen LogP contribution in [0.5, 0.6) is 0 Å². The molecule has 1 aliphatic heterocycles. The van der Waals surface area contributed by atoms with Crippen LogP contribution in [0.4, 0.5) is 0 Å². The summed E-state index contributed by atoms with van der Waals surface area (Å²) >= 11 is 0. The molecule has 1 aliphatic rings. The Labute approximate surface area is 116 Å². The fraction of sp³-hybridized carbons (Fsp3) is 0.333. The van der Waals surface area contributed by atoms with E-state index < -0.39 is 5.97 Å². The zero-order chi connectivity index (χ0) is 13.9. The van der Waals surface area contributed by atoms with E-state index in [-0.39, 0.29) is 12.5 Å². The summed E-state index contributed by atoms with van der Waals surface area (Å²) in [5.74, 6) is -0.578. The highest BCUT2D eigenvalue weighted by Crippen LogP contribution is 2.18. The third-order valence-electron chi connectivity index (χ3n) is 3.59. The molecule has 5 heteroatoms. The molecule has 2 aromatic rings. The van der Waals surface area contributed by atoms with Gasteiger partial charge in [-0.1, -0.05) is 18.2 Å². The molecule has 1 aromatic heterocycles. The van der Waals surface area contributed by atoms with Crippen molar-refractivity contribution in [1.29, 1.82) is 0 Å². The lowest BCUT2D eigenvalue weighted by Gasteiger charge is -2.14. The van der Waals surface area contributed by atoms with Crippen molar-refractivity contribution in [3.8, 4) is 0 Å². The second-order valence-electron chi connectivity index (χ2n) is 4.91. The van der Waals surface area contributed by atoms with Gasteiger partial charge in [-0.05, 0) is 18.9 Å². The Morgan fingerprint density at radius 3 is 2.75 bits per heavy atom. The average Bonchev–Trinajstić information content (AvgIpc) is 3.13. The van der Waals surface area contributed by atoms with Crippen molar-refractivity contribution in [2.45, 2.75) is 12.8 Å². The fourth-order valence-electron chi connectivity index (χ4n) is 2.50. The van der Waals surface area contributed by atoms with Crippen LogP contribution in [0.3, 0.4) is 0 Å². The van der Waals surface area contributed by atoms with Gasteiger partial charge in [-0.25, -0.2) is 4.79 Å². The van der Waals surface area contributed by atoms with Crippen LogP contribution in [0.2, 0.25) is 0 Å². The Hall–Kier alpha value is -2.30. The van der Waals surface area contributed by atoms with Crippen molar-refractivity contribution >= 4 is 22.8 Å². The first-order valence-corrected chi connectivity index (χ1v) is 6.77. The van der Waals surface area contributed by atoms with Gasteiger partial charge in [-0.2, -0.15) is 0 Å². The lowest BCUT2D eigenvalue weighted by atomic mass is 10.2. The number of hydrogen-bond acceptors (Lipinski definition) is 3. The van der Waals surface area contributed by atoms with Gasteiger partial charge in [0.1, 0.15) is 0 Å². The fourth-order valence-corrected chi connectivity index (χ4v) is 2.50. The molecule has 5 nitrogen and oxygen atoms in total. The molecule has 0 aliphatic carbocycles. The average molecular weight is 272 g/mol. The Balaban J connectivity index is 1.66. The van der Waals surface area contributed by atoms with E-state index in [2.05, 4.69) is 4.98 Å². The summed E-state index contributed by atoms with van der Waals surface area (Å²) in [5, 5.41) is 0.811. The van der Waals surface area contributed by atoms with Gasteiger partial charge in [0.2, 0.25) is 0 Å². The van der Waals surface area contributed by atoms with Gasteiger partial charge in [0, 0.05) is 30.2 Å². The zero-order valence-electron chi connectivity index (χ0n) is 11.1. The molecule has 0 unspecified atom stereocenters. The number of fused-ring (bicyclic) bond motifs is 1. The van der Waals surface area contributed by atoms with Gasteiger partial charge in [0.15, 0.2) is 6.61 Å². The van der Waals surface area contributed by atoms with Gasteiger partial charge in [-0.3, -0.25) is 4.79 Å². The minimum absolute atomic E-state index is 0.115. The first kappa shape index (κ1) is 12.7. The minimum Gasteiger partial charge on any atom is -0.452 e. The molecule has 0 spiro atoms. The predicted molar refractivity (Wildman–Crippen MR) is 74.4 cm³/mol. The molecular weight excluding hydrogens is 256 g/mol. The highest BCUT2D eigenvalue weighted by molar-refractivity contribution is 6.04. The van der Waals surface area contributed by atoms with E-state index in [1.54, 1.807) is 11.1 Å². The molecule has 0 radical (unpaired) electrons. The van der Waals surface area contributed by atoms with Crippen LogP contribution in [-0.2, 0) is 9.53 Å². The number of nitrogens with one attached hydrogen (secondary N) is 1. The third-order valence-corrected chi connectivity index (χ3v) is 3.59. The number of esters is 1. The number of H-pyrrole nitrogens is 1. The van der Waals surface area contributed by atoms with Gasteiger partial charge in [-0.15, -0.1) is 0 Å². The van der Waals surface area contributed by atoms with E-state index in [4.69, 9.17) is 4.74 Å². The van der Waals surface area contributed by atoms with Crippen LogP contribution in [0.1, 0.15) is 23.2 Å². The van der Waals surface area contributed by atoms with E-state index in [0.29, 0.717) is 5.56 Å². The van der Waals surface area contributed by atoms with Crippen molar-refractivity contribution in [3.63, 3.8) is 0 Å². The van der Waals surface area contributed by atoms with Crippen molar-refractivity contribution in [1.82, 2.24) is 9.88 Å². The SMILES string of the molecule is O=C(OCC(=O)N1CCCC1)c1c[nH]c2ccccc12. The van der Waals surface area contributed by atoms with E-state index in [0.717, 1.165) is 36.8 Å². The smallest absolute Gasteiger partial charge is 0.340 e. The Morgan fingerprint density at radius 2 is 1.95 bits per heavy atom. The molecule has 104 valence electrons. The van der Waals surface area contributed by atoms with Crippen molar-refractivity contribution < 1.29 is 14.3 Å². The highest BCUT2D eigenvalue weighted by atomic mass is 16.5. The number of aromatic nitrogens is 1. The summed E-state index contributed by atoms with van der Waals surface area (Å²) in [4.78, 5) is 28.6. The van der Waals surface area contributed by atoms with Crippen LogP contribution >= 0.6 is 0 Å². The Bertz CT molecular complexity index is 641. The largest absolute Gasteiger partial charge is 0.452 e. The normalized spacial score (nSPS) is 14.7. The molecule has 3 rings (SSSR count). The first-order chi connectivity index (χ1) is 9.75. The van der Waals surface area contributed by atoms with Gasteiger partial charge >= 0.3 is 5.97 Å². The van der Waals surface area contributed by atoms with Crippen LogP contribution < -0.4 is 0 Å². The summed E-state index contributed by atoms with van der Waals surface area (Å²) in [6.07, 6.45) is 3.68. The highest BCUT2D eigenvalue weighted by Gasteiger charge is 2.20. The molecule has 0 saturated carbocycles. The maximum absolute atomic E-state index is 12.0. The number of likely N-dealkylation sites (tertiary alicyclic amines) is 1. The number of aromatic amines is 1. The first-order valence-electron chi connectivity index (χ1n) is 6.77. The van der Waals surface area contributed by atoms with Crippen molar-refractivity contribution in [2.24, 2.45) is 0 Å². The molecule has 2 heterocycles. The summed E-state index contributed by atoms with van der Waals surface area (Å²) in [6.45, 7) is 1.35. The van der Waals surface area contributed by atoms with E-state index in [1.165, 1.54) is 0 Å².